The lowest BCUT2D eigenvalue weighted by Gasteiger charge is -2.26. The average molecular weight is 619 g/mol. The summed E-state index contributed by atoms with van der Waals surface area (Å²) in [5, 5.41) is 2.46. The van der Waals surface area contributed by atoms with Crippen LogP contribution in [0.25, 0.3) is 11.3 Å². The van der Waals surface area contributed by atoms with Crippen molar-refractivity contribution in [2.75, 3.05) is 18.5 Å². The molecule has 0 saturated heterocycles. The van der Waals surface area contributed by atoms with Crippen molar-refractivity contribution >= 4 is 19.8 Å². The molecule has 1 aliphatic heterocycles. The van der Waals surface area contributed by atoms with Crippen LogP contribution in [0.1, 0.15) is 23.7 Å². The first-order valence-corrected chi connectivity index (χ1v) is 18.5. The van der Waals surface area contributed by atoms with Crippen LogP contribution in [0, 0.1) is 5.92 Å². The van der Waals surface area contributed by atoms with Crippen molar-refractivity contribution in [3.05, 3.63) is 84.4 Å². The van der Waals surface area contributed by atoms with E-state index in [1.54, 1.807) is 6.07 Å². The van der Waals surface area contributed by atoms with Crippen molar-refractivity contribution < 1.29 is 27.8 Å². The number of nitrogens with one attached hydrogen (secondary N) is 1. The summed E-state index contributed by atoms with van der Waals surface area (Å²) >= 11 is 0. The maximum absolute atomic E-state index is 13.3. The van der Waals surface area contributed by atoms with E-state index in [4.69, 9.17) is 19.2 Å². The second-order valence-corrected chi connectivity index (χ2v) is 18.3. The van der Waals surface area contributed by atoms with E-state index in [1.165, 1.54) is 12.3 Å². The number of fused-ring (bicyclic) bond motifs is 1. The van der Waals surface area contributed by atoms with Gasteiger partial charge in [-0.3, -0.25) is 4.79 Å². The highest BCUT2D eigenvalue weighted by atomic mass is 28.3. The number of hydrogen-bond donors (Lipinski definition) is 1. The number of aromatic nitrogens is 3. The molecule has 8 nitrogen and oxygen atoms in total. The topological polar surface area (TPSA) is 87.5 Å². The maximum atomic E-state index is 13.3. The molecule has 230 valence electrons. The number of imidazole rings is 1. The molecule has 2 aromatic heterocycles. The summed E-state index contributed by atoms with van der Waals surface area (Å²) < 4.78 is 47.0. The molecule has 1 N–H and O–H groups in total. The number of hydrogen-bond acceptors (Lipinski definition) is 6. The number of ether oxygens (including phenoxy) is 3. The molecule has 1 fully saturated rings. The molecule has 2 unspecified atom stereocenters. The van der Waals surface area contributed by atoms with E-state index in [2.05, 4.69) is 52.8 Å². The Morgan fingerprint density at radius 3 is 2.64 bits per heavy atom. The SMILES string of the molecule is C[Si](C)(C)CCOCn1cc(-c2ccccc2)nc1C1COc2ccc(Oc3ccnc(NC(=O)C4CC4(F)F)c3)cc2C1. The number of nitrogens with zero attached hydrogens (tertiary/aromatic N) is 3. The van der Waals surface area contributed by atoms with Gasteiger partial charge in [0, 0.05) is 45.1 Å². The summed E-state index contributed by atoms with van der Waals surface area (Å²) in [6, 6.07) is 20.0. The predicted octanol–water partition coefficient (Wildman–Crippen LogP) is 7.36. The first-order valence-electron chi connectivity index (χ1n) is 14.8. The number of amides is 1. The van der Waals surface area contributed by atoms with Crippen molar-refractivity contribution in [2.24, 2.45) is 5.92 Å². The van der Waals surface area contributed by atoms with Gasteiger partial charge < -0.3 is 24.1 Å². The van der Waals surface area contributed by atoms with Gasteiger partial charge in [0.25, 0.3) is 5.92 Å². The third-order valence-corrected chi connectivity index (χ3v) is 9.47. The van der Waals surface area contributed by atoms with Gasteiger partial charge in [0.2, 0.25) is 5.91 Å². The van der Waals surface area contributed by atoms with Gasteiger partial charge in [-0.05, 0) is 42.3 Å². The minimum absolute atomic E-state index is 0.000837. The first-order chi connectivity index (χ1) is 21.0. The van der Waals surface area contributed by atoms with E-state index in [1.807, 2.05) is 36.4 Å². The van der Waals surface area contributed by atoms with Gasteiger partial charge in [0.15, 0.2) is 0 Å². The van der Waals surface area contributed by atoms with Gasteiger partial charge in [-0.1, -0.05) is 50.0 Å². The van der Waals surface area contributed by atoms with Gasteiger partial charge in [-0.2, -0.15) is 0 Å². The summed E-state index contributed by atoms with van der Waals surface area (Å²) in [6.45, 7) is 8.64. The van der Waals surface area contributed by atoms with E-state index >= 15 is 0 Å². The average Bonchev–Trinajstić information content (AvgIpc) is 3.43. The van der Waals surface area contributed by atoms with E-state index < -0.39 is 32.2 Å². The molecule has 11 heteroatoms. The smallest absolute Gasteiger partial charge is 0.260 e. The Balaban J connectivity index is 1.17. The number of halogens is 2. The maximum Gasteiger partial charge on any atom is 0.260 e. The van der Waals surface area contributed by atoms with Gasteiger partial charge >= 0.3 is 0 Å². The van der Waals surface area contributed by atoms with Crippen LogP contribution in [0.15, 0.2) is 73.1 Å². The van der Waals surface area contributed by atoms with Gasteiger partial charge in [-0.25, -0.2) is 18.7 Å². The lowest BCUT2D eigenvalue weighted by atomic mass is 9.96. The van der Waals surface area contributed by atoms with Gasteiger partial charge in [-0.15, -0.1) is 0 Å². The summed E-state index contributed by atoms with van der Waals surface area (Å²) in [5.74, 6) is -2.15. The molecule has 0 radical (unpaired) electrons. The Hall–Kier alpha value is -4.09. The van der Waals surface area contributed by atoms with Crippen LogP contribution in [0.5, 0.6) is 17.2 Å². The highest BCUT2D eigenvalue weighted by Gasteiger charge is 2.61. The van der Waals surface area contributed by atoms with Crippen LogP contribution in [-0.4, -0.2) is 47.7 Å². The normalized spacial score (nSPS) is 18.7. The minimum Gasteiger partial charge on any atom is -0.493 e. The molecule has 1 saturated carbocycles. The molecule has 0 bridgehead atoms. The fourth-order valence-electron chi connectivity index (χ4n) is 5.14. The molecule has 4 aromatic rings. The summed E-state index contributed by atoms with van der Waals surface area (Å²) in [6.07, 6.45) is 3.77. The molecular formula is C33H36F2N4O4Si. The number of carbonyl (C=O) groups excluding carboxylic acids is 1. The summed E-state index contributed by atoms with van der Waals surface area (Å²) in [5.41, 5.74) is 2.91. The number of pyridine rings is 1. The van der Waals surface area contributed by atoms with Gasteiger partial charge in [0.1, 0.15) is 41.5 Å². The number of carbonyl (C=O) groups is 1. The minimum atomic E-state index is -2.94. The molecule has 2 aliphatic rings. The van der Waals surface area contributed by atoms with E-state index in [-0.39, 0.29) is 11.7 Å². The highest BCUT2D eigenvalue weighted by molar-refractivity contribution is 6.76. The Morgan fingerprint density at radius 1 is 1.11 bits per heavy atom. The molecule has 3 heterocycles. The number of alkyl halides is 2. The molecule has 1 amide bonds. The van der Waals surface area contributed by atoms with E-state index in [0.29, 0.717) is 37.9 Å². The van der Waals surface area contributed by atoms with Crippen LogP contribution < -0.4 is 14.8 Å². The first kappa shape index (κ1) is 30.0. The largest absolute Gasteiger partial charge is 0.493 e. The lowest BCUT2D eigenvalue weighted by Crippen LogP contribution is -2.24. The highest BCUT2D eigenvalue weighted by Crippen LogP contribution is 2.49. The van der Waals surface area contributed by atoms with Crippen molar-refractivity contribution in [1.29, 1.82) is 0 Å². The fourth-order valence-corrected chi connectivity index (χ4v) is 5.90. The van der Waals surface area contributed by atoms with Crippen molar-refractivity contribution in [3.63, 3.8) is 0 Å². The van der Waals surface area contributed by atoms with Crippen LogP contribution in [-0.2, 0) is 22.7 Å². The van der Waals surface area contributed by atoms with Gasteiger partial charge in [0.05, 0.1) is 18.2 Å². The Labute approximate surface area is 256 Å². The predicted molar refractivity (Wildman–Crippen MR) is 166 cm³/mol. The molecule has 44 heavy (non-hydrogen) atoms. The zero-order valence-electron chi connectivity index (χ0n) is 25.1. The number of rotatable bonds is 11. The Kier molecular flexibility index (Phi) is 8.25. The van der Waals surface area contributed by atoms with Crippen LogP contribution >= 0.6 is 0 Å². The van der Waals surface area contributed by atoms with Crippen molar-refractivity contribution in [1.82, 2.24) is 14.5 Å². The van der Waals surface area contributed by atoms with Crippen LogP contribution in [0.4, 0.5) is 14.6 Å². The molecule has 6 rings (SSSR count). The van der Waals surface area contributed by atoms with E-state index in [0.717, 1.165) is 34.4 Å². The molecule has 2 atom stereocenters. The standard InChI is InChI=1S/C33H36F2N4O4Si/c1-44(2,3)14-13-41-21-39-19-28(22-7-5-4-6-8-22)37-31(39)24-15-23-16-25(9-10-29(23)42-20-24)43-26-11-12-36-30(17-26)38-32(40)27-18-33(27,34)35/h4-12,16-17,19,24,27H,13-15,18,20-21H2,1-3H3,(H,36,38,40). The zero-order chi connectivity index (χ0) is 30.9. The molecule has 1 aliphatic carbocycles. The third kappa shape index (κ3) is 7.16. The van der Waals surface area contributed by atoms with Crippen molar-refractivity contribution in [2.45, 2.75) is 57.1 Å². The molecule has 0 spiro atoms. The molecule has 2 aromatic carbocycles. The lowest BCUT2D eigenvalue weighted by molar-refractivity contribution is -0.119. The number of benzene rings is 2. The Morgan fingerprint density at radius 2 is 1.89 bits per heavy atom. The number of anilines is 1. The second kappa shape index (κ2) is 12.1. The summed E-state index contributed by atoms with van der Waals surface area (Å²) in [7, 11) is -1.21. The monoisotopic (exact) mass is 618 g/mol. The summed E-state index contributed by atoms with van der Waals surface area (Å²) in [4.78, 5) is 21.2. The van der Waals surface area contributed by atoms with Crippen molar-refractivity contribution in [3.8, 4) is 28.5 Å². The molecular weight excluding hydrogens is 582 g/mol. The van der Waals surface area contributed by atoms with E-state index in [9.17, 15) is 13.6 Å². The quantitative estimate of drug-likeness (QED) is 0.140. The Bertz CT molecular complexity index is 1640. The third-order valence-electron chi connectivity index (χ3n) is 7.77. The zero-order valence-corrected chi connectivity index (χ0v) is 26.1. The fraction of sp³-hybridized carbons (Fsp3) is 0.364. The van der Waals surface area contributed by atoms with Crippen LogP contribution in [0.3, 0.4) is 0 Å². The van der Waals surface area contributed by atoms with Crippen LogP contribution in [0.2, 0.25) is 25.7 Å². The second-order valence-electron chi connectivity index (χ2n) is 12.6.